The Morgan fingerprint density at radius 2 is 2.04 bits per heavy atom. The van der Waals surface area contributed by atoms with Crippen LogP contribution in [0.1, 0.15) is 39.4 Å². The molecule has 1 aromatic carbocycles. The number of aromatic nitrogens is 3. The molecule has 2 heterocycles. The van der Waals surface area contributed by atoms with Gasteiger partial charge in [-0.1, -0.05) is 29.3 Å². The van der Waals surface area contributed by atoms with Gasteiger partial charge in [-0.3, -0.25) is 9.78 Å². The predicted molar refractivity (Wildman–Crippen MR) is 101 cm³/mol. The molecule has 28 heavy (non-hydrogen) atoms. The fourth-order valence-corrected chi connectivity index (χ4v) is 2.82. The number of rotatable bonds is 6. The van der Waals surface area contributed by atoms with Crippen molar-refractivity contribution >= 4 is 34.9 Å². The number of hydrogen-bond acceptors (Lipinski definition) is 4. The summed E-state index contributed by atoms with van der Waals surface area (Å²) >= 11 is 11.9. The minimum absolute atomic E-state index is 0.0680. The third-order valence-corrected chi connectivity index (χ3v) is 4.62. The summed E-state index contributed by atoms with van der Waals surface area (Å²) in [5, 5.41) is 12.4. The molecule has 0 bridgehead atoms. The number of aliphatic hydroxyl groups is 1. The van der Waals surface area contributed by atoms with E-state index in [2.05, 4.69) is 20.3 Å². The number of pyridine rings is 1. The first-order valence-electron chi connectivity index (χ1n) is 8.04. The van der Waals surface area contributed by atoms with Crippen LogP contribution in [0.5, 0.6) is 0 Å². The molecule has 0 saturated carbocycles. The van der Waals surface area contributed by atoms with E-state index in [1.54, 1.807) is 18.2 Å². The number of anilines is 1. The lowest BCUT2D eigenvalue weighted by Gasteiger charge is -2.08. The highest BCUT2D eigenvalue weighted by Crippen LogP contribution is 2.24. The molecule has 146 valence electrons. The van der Waals surface area contributed by atoms with E-state index in [1.807, 2.05) is 0 Å². The summed E-state index contributed by atoms with van der Waals surface area (Å²) in [6.45, 7) is -0.640. The Morgan fingerprint density at radius 3 is 2.71 bits per heavy atom. The number of hydrogen-bond donors (Lipinski definition) is 3. The Morgan fingerprint density at radius 1 is 1.25 bits per heavy atom. The Hall–Kier alpha value is -2.55. The number of imidazole rings is 1. The van der Waals surface area contributed by atoms with Crippen LogP contribution in [0.2, 0.25) is 10.0 Å². The Bertz CT molecular complexity index is 1010. The number of nitrogens with one attached hydrogen (secondary N) is 2. The number of alkyl halides is 2. The summed E-state index contributed by atoms with van der Waals surface area (Å²) in [7, 11) is 0. The molecule has 3 N–H and O–H groups in total. The van der Waals surface area contributed by atoms with Crippen molar-refractivity contribution < 1.29 is 18.7 Å². The monoisotopic (exact) mass is 426 g/mol. The second kappa shape index (κ2) is 8.64. The minimum Gasteiger partial charge on any atom is -0.390 e. The van der Waals surface area contributed by atoms with Gasteiger partial charge in [0.05, 0.1) is 27.9 Å². The van der Waals surface area contributed by atoms with E-state index in [9.17, 15) is 13.6 Å². The highest BCUT2D eigenvalue weighted by molar-refractivity contribution is 6.42. The van der Waals surface area contributed by atoms with Crippen molar-refractivity contribution in [3.8, 4) is 0 Å². The van der Waals surface area contributed by atoms with Gasteiger partial charge < -0.3 is 15.4 Å². The fourth-order valence-electron chi connectivity index (χ4n) is 2.50. The van der Waals surface area contributed by atoms with E-state index in [4.69, 9.17) is 28.3 Å². The molecule has 0 aliphatic rings. The number of halogens is 4. The fraction of sp³-hybridized carbons (Fsp3) is 0.167. The van der Waals surface area contributed by atoms with Crippen molar-refractivity contribution in [1.82, 2.24) is 15.0 Å². The zero-order valence-electron chi connectivity index (χ0n) is 14.2. The molecule has 10 heteroatoms. The van der Waals surface area contributed by atoms with Crippen LogP contribution in [-0.4, -0.2) is 26.0 Å². The molecule has 0 unspecified atom stereocenters. The first kappa shape index (κ1) is 20.2. The maximum absolute atomic E-state index is 13.0. The molecule has 2 aromatic heterocycles. The van der Waals surface area contributed by atoms with Crippen molar-refractivity contribution in [3.05, 3.63) is 74.9 Å². The van der Waals surface area contributed by atoms with E-state index in [1.165, 1.54) is 6.20 Å². The lowest BCUT2D eigenvalue weighted by molar-refractivity contribution is 0.102. The normalized spacial score (nSPS) is 11.1. The topological polar surface area (TPSA) is 90.9 Å². The molecule has 0 radical (unpaired) electrons. The average Bonchev–Trinajstić information content (AvgIpc) is 3.10. The predicted octanol–water partition coefficient (Wildman–Crippen LogP) is 4.38. The first-order chi connectivity index (χ1) is 13.4. The standard InChI is InChI=1S/C18H14Cl2F2N4O2/c19-12-2-1-9(3-13(12)20)4-15-24-7-16(25-15)26-18(28)10-5-11(17(21)22)14(8-27)23-6-10/h1-3,5-7,17,27H,4,8H2,(H,24,25)(H,26,28). The lowest BCUT2D eigenvalue weighted by Crippen LogP contribution is -2.14. The average molecular weight is 427 g/mol. The van der Waals surface area contributed by atoms with Gasteiger partial charge in [0.15, 0.2) is 5.82 Å². The largest absolute Gasteiger partial charge is 0.390 e. The van der Waals surface area contributed by atoms with Crippen molar-refractivity contribution in [2.24, 2.45) is 0 Å². The second-order valence-electron chi connectivity index (χ2n) is 5.83. The number of nitrogens with zero attached hydrogens (tertiary/aromatic N) is 2. The second-order valence-corrected chi connectivity index (χ2v) is 6.64. The van der Waals surface area contributed by atoms with E-state index in [0.717, 1.165) is 17.8 Å². The van der Waals surface area contributed by atoms with E-state index >= 15 is 0 Å². The molecule has 3 aromatic rings. The van der Waals surface area contributed by atoms with Crippen molar-refractivity contribution in [3.63, 3.8) is 0 Å². The van der Waals surface area contributed by atoms with Crippen LogP contribution >= 0.6 is 23.2 Å². The van der Waals surface area contributed by atoms with Gasteiger partial charge in [0.1, 0.15) is 5.82 Å². The first-order valence-corrected chi connectivity index (χ1v) is 8.80. The Balaban J connectivity index is 1.71. The number of amides is 1. The number of carbonyl (C=O) groups is 1. The van der Waals surface area contributed by atoms with Gasteiger partial charge in [-0.2, -0.15) is 0 Å². The third-order valence-electron chi connectivity index (χ3n) is 3.88. The molecule has 1 amide bonds. The molecule has 0 aliphatic heterocycles. The van der Waals surface area contributed by atoms with Crippen LogP contribution in [-0.2, 0) is 13.0 Å². The van der Waals surface area contributed by atoms with Crippen LogP contribution in [0.25, 0.3) is 0 Å². The van der Waals surface area contributed by atoms with Crippen LogP contribution in [0.4, 0.5) is 14.6 Å². The summed E-state index contributed by atoms with van der Waals surface area (Å²) in [6.07, 6.45) is 0.171. The van der Waals surface area contributed by atoms with Gasteiger partial charge in [0.2, 0.25) is 0 Å². The van der Waals surface area contributed by atoms with Gasteiger partial charge in [-0.25, -0.2) is 13.8 Å². The van der Waals surface area contributed by atoms with E-state index < -0.39 is 24.5 Å². The van der Waals surface area contributed by atoms with Gasteiger partial charge >= 0.3 is 0 Å². The molecule has 6 nitrogen and oxygen atoms in total. The molecule has 3 rings (SSSR count). The van der Waals surface area contributed by atoms with E-state index in [-0.39, 0.29) is 17.1 Å². The quantitative estimate of drug-likeness (QED) is 0.545. The highest BCUT2D eigenvalue weighted by Gasteiger charge is 2.18. The third kappa shape index (κ3) is 4.64. The summed E-state index contributed by atoms with van der Waals surface area (Å²) in [5.74, 6) is 0.145. The lowest BCUT2D eigenvalue weighted by atomic mass is 10.1. The van der Waals surface area contributed by atoms with Crippen molar-refractivity contribution in [2.75, 3.05) is 5.32 Å². The number of aliphatic hydroxyl groups excluding tert-OH is 1. The van der Waals surface area contributed by atoms with Crippen LogP contribution in [0.3, 0.4) is 0 Å². The Kier molecular flexibility index (Phi) is 6.23. The molecule has 0 aliphatic carbocycles. The number of H-pyrrole nitrogens is 1. The van der Waals surface area contributed by atoms with Gasteiger partial charge in [-0.15, -0.1) is 0 Å². The minimum atomic E-state index is -2.86. The number of benzene rings is 1. The summed E-state index contributed by atoms with van der Waals surface area (Å²) < 4.78 is 26.1. The van der Waals surface area contributed by atoms with Crippen molar-refractivity contribution in [2.45, 2.75) is 19.5 Å². The maximum Gasteiger partial charge on any atom is 0.265 e. The maximum atomic E-state index is 13.0. The zero-order valence-corrected chi connectivity index (χ0v) is 15.7. The Labute approximate surface area is 168 Å². The SMILES string of the molecule is O=C(Nc1c[nH]c(Cc2ccc(Cl)c(Cl)c2)n1)c1cnc(CO)c(C(F)F)c1. The molecular weight excluding hydrogens is 413 g/mol. The zero-order chi connectivity index (χ0) is 20.3. The molecule has 0 atom stereocenters. The molecule has 0 spiro atoms. The summed E-state index contributed by atoms with van der Waals surface area (Å²) in [4.78, 5) is 23.2. The van der Waals surface area contributed by atoms with Gasteiger partial charge in [0, 0.05) is 24.4 Å². The van der Waals surface area contributed by atoms with Crippen LogP contribution < -0.4 is 5.32 Å². The van der Waals surface area contributed by atoms with Gasteiger partial charge in [0.25, 0.3) is 12.3 Å². The molecular formula is C18H14Cl2F2N4O2. The van der Waals surface area contributed by atoms with Crippen LogP contribution in [0.15, 0.2) is 36.7 Å². The molecule has 0 fully saturated rings. The van der Waals surface area contributed by atoms with E-state index in [0.29, 0.717) is 22.3 Å². The smallest absolute Gasteiger partial charge is 0.265 e. The highest BCUT2D eigenvalue weighted by atomic mass is 35.5. The van der Waals surface area contributed by atoms with Crippen molar-refractivity contribution in [1.29, 1.82) is 0 Å². The summed E-state index contributed by atoms with van der Waals surface area (Å²) in [5.41, 5.74) is 0.140. The molecule has 0 saturated heterocycles. The van der Waals surface area contributed by atoms with Gasteiger partial charge in [-0.05, 0) is 23.8 Å². The number of carbonyl (C=O) groups excluding carboxylic acids is 1. The number of aromatic amines is 1. The van der Waals surface area contributed by atoms with Crippen LogP contribution in [0, 0.1) is 0 Å². The summed E-state index contributed by atoms with van der Waals surface area (Å²) in [6, 6.07) is 6.19.